The molecule has 0 bridgehead atoms. The fourth-order valence-electron chi connectivity index (χ4n) is 4.73. The number of morpholine rings is 1. The molecule has 2 aliphatic rings. The van der Waals surface area contributed by atoms with Crippen molar-refractivity contribution in [1.82, 2.24) is 9.80 Å². The molecule has 1 atom stereocenters. The molecule has 1 saturated heterocycles. The number of aliphatic hydroxyl groups is 1. The van der Waals surface area contributed by atoms with Crippen molar-refractivity contribution in [3.8, 4) is 5.75 Å². The highest BCUT2D eigenvalue weighted by atomic mass is 16.5. The van der Waals surface area contributed by atoms with Gasteiger partial charge in [-0.25, -0.2) is 0 Å². The van der Waals surface area contributed by atoms with Gasteiger partial charge >= 0.3 is 0 Å². The van der Waals surface area contributed by atoms with E-state index in [1.807, 2.05) is 37.3 Å². The Bertz CT molecular complexity index is 1290. The maximum absolute atomic E-state index is 13.7. The lowest BCUT2D eigenvalue weighted by Gasteiger charge is -2.31. The van der Waals surface area contributed by atoms with Gasteiger partial charge in [0.25, 0.3) is 5.91 Å². The van der Waals surface area contributed by atoms with Crippen LogP contribution in [0.5, 0.6) is 5.75 Å². The van der Waals surface area contributed by atoms with Crippen molar-refractivity contribution in [1.29, 1.82) is 0 Å². The van der Waals surface area contributed by atoms with Crippen LogP contribution < -0.4 is 4.74 Å². The number of carbonyl (C=O) groups is 2. The minimum atomic E-state index is -0.739. The molecule has 0 aliphatic carbocycles. The molecule has 3 aromatic rings. The Labute approximate surface area is 203 Å². The van der Waals surface area contributed by atoms with E-state index >= 15 is 0 Å². The maximum Gasteiger partial charge on any atom is 0.290 e. The van der Waals surface area contributed by atoms with Crippen molar-refractivity contribution >= 4 is 22.7 Å². The Morgan fingerprint density at radius 3 is 2.54 bits per heavy atom. The van der Waals surface area contributed by atoms with Gasteiger partial charge in [0.2, 0.25) is 5.78 Å². The minimum Gasteiger partial charge on any atom is -0.503 e. The molecule has 8 heteroatoms. The number of aliphatic hydroxyl groups excluding tert-OH is 1. The number of aryl methyl sites for hydroxylation is 1. The molecule has 1 fully saturated rings. The number of fused-ring (bicyclic) bond motifs is 1. The van der Waals surface area contributed by atoms with Crippen LogP contribution >= 0.6 is 0 Å². The predicted molar refractivity (Wildman–Crippen MR) is 130 cm³/mol. The number of benzene rings is 2. The summed E-state index contributed by atoms with van der Waals surface area (Å²) in [4.78, 5) is 30.7. The van der Waals surface area contributed by atoms with E-state index < -0.39 is 23.5 Å². The average Bonchev–Trinajstić information content (AvgIpc) is 3.41. The van der Waals surface area contributed by atoms with E-state index in [0.717, 1.165) is 24.0 Å². The summed E-state index contributed by atoms with van der Waals surface area (Å²) in [5, 5.41) is 11.7. The van der Waals surface area contributed by atoms with E-state index in [1.54, 1.807) is 30.2 Å². The van der Waals surface area contributed by atoms with Gasteiger partial charge in [-0.1, -0.05) is 23.8 Å². The van der Waals surface area contributed by atoms with Crippen molar-refractivity contribution < 1.29 is 28.6 Å². The molecule has 35 heavy (non-hydrogen) atoms. The lowest BCUT2D eigenvalue weighted by atomic mass is 9.95. The first-order chi connectivity index (χ1) is 17.0. The van der Waals surface area contributed by atoms with Crippen molar-refractivity contribution in [3.05, 3.63) is 76.8 Å². The van der Waals surface area contributed by atoms with Crippen LogP contribution in [0.25, 0.3) is 11.0 Å². The van der Waals surface area contributed by atoms with Crippen molar-refractivity contribution in [2.45, 2.75) is 13.0 Å². The highest BCUT2D eigenvalue weighted by Crippen LogP contribution is 2.40. The van der Waals surface area contributed by atoms with Crippen LogP contribution in [-0.2, 0) is 9.53 Å². The highest BCUT2D eigenvalue weighted by molar-refractivity contribution is 6.16. The Balaban J connectivity index is 1.50. The van der Waals surface area contributed by atoms with Gasteiger partial charge in [0.15, 0.2) is 11.5 Å². The van der Waals surface area contributed by atoms with Crippen LogP contribution in [0.1, 0.15) is 27.7 Å². The lowest BCUT2D eigenvalue weighted by Crippen LogP contribution is -2.43. The molecule has 1 N–H and O–H groups in total. The molecule has 1 amide bonds. The zero-order valence-corrected chi connectivity index (χ0v) is 19.8. The van der Waals surface area contributed by atoms with Gasteiger partial charge in [-0.3, -0.25) is 14.5 Å². The molecule has 8 nitrogen and oxygen atoms in total. The first-order valence-electron chi connectivity index (χ1n) is 11.7. The number of ether oxygens (including phenoxy) is 2. The molecule has 2 aliphatic heterocycles. The molecule has 0 spiro atoms. The lowest BCUT2D eigenvalue weighted by molar-refractivity contribution is -0.129. The molecule has 2 aromatic carbocycles. The third-order valence-corrected chi connectivity index (χ3v) is 6.64. The summed E-state index contributed by atoms with van der Waals surface area (Å²) < 4.78 is 16.5. The van der Waals surface area contributed by atoms with Crippen LogP contribution in [0.15, 0.2) is 64.3 Å². The van der Waals surface area contributed by atoms with Crippen LogP contribution in [0.3, 0.4) is 0 Å². The van der Waals surface area contributed by atoms with Gasteiger partial charge in [0.05, 0.1) is 31.9 Å². The Hall–Kier alpha value is -3.62. The van der Waals surface area contributed by atoms with Gasteiger partial charge in [-0.15, -0.1) is 0 Å². The number of furan rings is 1. The number of hydrogen-bond donors (Lipinski definition) is 1. The normalized spacial score (nSPS) is 19.1. The first-order valence-corrected chi connectivity index (χ1v) is 11.7. The smallest absolute Gasteiger partial charge is 0.290 e. The van der Waals surface area contributed by atoms with Gasteiger partial charge in [-0.05, 0) is 42.8 Å². The zero-order valence-electron chi connectivity index (χ0n) is 19.8. The van der Waals surface area contributed by atoms with Gasteiger partial charge < -0.3 is 23.9 Å². The van der Waals surface area contributed by atoms with Gasteiger partial charge in [0.1, 0.15) is 11.3 Å². The summed E-state index contributed by atoms with van der Waals surface area (Å²) in [7, 11) is 1.58. The second kappa shape index (κ2) is 9.56. The third-order valence-electron chi connectivity index (χ3n) is 6.64. The fourth-order valence-corrected chi connectivity index (χ4v) is 4.73. The molecule has 1 unspecified atom stereocenters. The topological polar surface area (TPSA) is 92.5 Å². The Kier molecular flexibility index (Phi) is 6.32. The molecule has 182 valence electrons. The summed E-state index contributed by atoms with van der Waals surface area (Å²) in [5.41, 5.74) is 2.35. The summed E-state index contributed by atoms with van der Waals surface area (Å²) in [6.07, 6.45) is 0. The number of rotatable bonds is 7. The van der Waals surface area contributed by atoms with E-state index in [4.69, 9.17) is 13.9 Å². The summed E-state index contributed by atoms with van der Waals surface area (Å²) in [6.45, 7) is 5.78. The Morgan fingerprint density at radius 1 is 1.09 bits per heavy atom. The fraction of sp³-hybridized carbons (Fsp3) is 0.333. The Morgan fingerprint density at radius 2 is 1.83 bits per heavy atom. The van der Waals surface area contributed by atoms with Crippen LogP contribution in [-0.4, -0.2) is 73.1 Å². The van der Waals surface area contributed by atoms with E-state index in [9.17, 15) is 14.7 Å². The van der Waals surface area contributed by atoms with Crippen LogP contribution in [0.4, 0.5) is 0 Å². The number of hydrogen-bond acceptors (Lipinski definition) is 7. The van der Waals surface area contributed by atoms with Gasteiger partial charge in [-0.2, -0.15) is 0 Å². The average molecular weight is 477 g/mol. The molecular formula is C27H28N2O6. The second-order valence-electron chi connectivity index (χ2n) is 8.87. The molecular weight excluding hydrogens is 448 g/mol. The van der Waals surface area contributed by atoms with Crippen LogP contribution in [0, 0.1) is 6.92 Å². The first kappa shape index (κ1) is 23.1. The molecule has 5 rings (SSSR count). The van der Waals surface area contributed by atoms with Crippen molar-refractivity contribution in [2.75, 3.05) is 46.5 Å². The molecule has 1 aromatic heterocycles. The van der Waals surface area contributed by atoms with Crippen LogP contribution in [0.2, 0.25) is 0 Å². The largest absolute Gasteiger partial charge is 0.503 e. The van der Waals surface area contributed by atoms with E-state index in [2.05, 4.69) is 4.90 Å². The number of carbonyl (C=O) groups excluding carboxylic acids is 2. The second-order valence-corrected chi connectivity index (χ2v) is 8.87. The zero-order chi connectivity index (χ0) is 24.5. The minimum absolute atomic E-state index is 0.0259. The predicted octanol–water partition coefficient (Wildman–Crippen LogP) is 3.66. The molecule has 0 radical (unpaired) electrons. The SMILES string of the molecule is COc1ccc(C2C(C(=O)c3cc4cc(C)ccc4o3)=C(O)C(=O)N2CCN2CCOCC2)cc1. The number of Topliss-reactive ketones (excluding diaryl/α,β-unsaturated/α-hetero) is 1. The maximum atomic E-state index is 13.7. The number of ketones is 1. The summed E-state index contributed by atoms with van der Waals surface area (Å²) in [6, 6.07) is 13.8. The number of methoxy groups -OCH3 is 1. The standard InChI is InChI=1S/C27H28N2O6/c1-17-3-8-21-19(15-17)16-22(35-21)25(30)23-24(18-4-6-20(33-2)7-5-18)29(27(32)26(23)31)10-9-28-11-13-34-14-12-28/h3-8,15-16,24,31H,9-14H2,1-2H3. The van der Waals surface area contributed by atoms with Crippen molar-refractivity contribution in [3.63, 3.8) is 0 Å². The third kappa shape index (κ3) is 4.42. The summed E-state index contributed by atoms with van der Waals surface area (Å²) >= 11 is 0. The summed E-state index contributed by atoms with van der Waals surface area (Å²) in [5.74, 6) is -0.844. The molecule has 0 saturated carbocycles. The quantitative estimate of drug-likeness (QED) is 0.520. The van der Waals surface area contributed by atoms with E-state index in [1.165, 1.54) is 0 Å². The van der Waals surface area contributed by atoms with E-state index in [-0.39, 0.29) is 11.3 Å². The highest BCUT2D eigenvalue weighted by Gasteiger charge is 2.44. The van der Waals surface area contributed by atoms with Crippen molar-refractivity contribution in [2.24, 2.45) is 0 Å². The monoisotopic (exact) mass is 476 g/mol. The number of amides is 1. The molecule has 3 heterocycles. The van der Waals surface area contributed by atoms with Gasteiger partial charge in [0, 0.05) is 31.6 Å². The number of nitrogens with zero attached hydrogens (tertiary/aromatic N) is 2. The van der Waals surface area contributed by atoms with E-state index in [0.29, 0.717) is 43.2 Å².